The fourth-order valence-corrected chi connectivity index (χ4v) is 3.94. The van der Waals surface area contributed by atoms with Crippen LogP contribution in [0.3, 0.4) is 0 Å². The topological polar surface area (TPSA) is 82.4 Å². The van der Waals surface area contributed by atoms with Crippen LogP contribution in [0.5, 0.6) is 5.75 Å². The second-order valence-electron chi connectivity index (χ2n) is 4.83. The van der Waals surface area contributed by atoms with E-state index >= 15 is 0 Å². The lowest BCUT2D eigenvalue weighted by atomic mass is 10.2. The minimum atomic E-state index is -3.66. The number of sulfonamides is 1. The summed E-state index contributed by atoms with van der Waals surface area (Å²) in [6, 6.07) is 6.15. The number of rotatable bonds is 4. The minimum absolute atomic E-state index is 0.200. The van der Waals surface area contributed by atoms with Crippen molar-refractivity contribution in [2.45, 2.75) is 24.8 Å². The Bertz CT molecular complexity index is 652. The number of piperazine rings is 1. The number of nitrogens with one attached hydrogen (secondary N) is 1. The molecule has 1 aromatic carbocycles. The molecule has 21 heavy (non-hydrogen) atoms. The molecule has 1 heterocycles. The van der Waals surface area contributed by atoms with E-state index in [4.69, 9.17) is 10.00 Å². The first-order valence-corrected chi connectivity index (χ1v) is 8.30. The molecule has 114 valence electrons. The fraction of sp³-hybridized carbons (Fsp3) is 0.500. The highest BCUT2D eigenvalue weighted by Gasteiger charge is 2.33. The largest absolute Gasteiger partial charge is 0.494 e. The smallest absolute Gasteiger partial charge is 0.244 e. The first-order chi connectivity index (χ1) is 10.0. The number of aryl methyl sites for hydroxylation is 1. The summed E-state index contributed by atoms with van der Waals surface area (Å²) in [5.41, 5.74) is 0.765. The van der Waals surface area contributed by atoms with Crippen LogP contribution in [-0.4, -0.2) is 45.0 Å². The van der Waals surface area contributed by atoms with Gasteiger partial charge >= 0.3 is 0 Å². The Labute approximate surface area is 125 Å². The summed E-state index contributed by atoms with van der Waals surface area (Å²) in [4.78, 5) is 0.200. The van der Waals surface area contributed by atoms with Crippen LogP contribution in [0.1, 0.15) is 12.5 Å². The summed E-state index contributed by atoms with van der Waals surface area (Å²) in [5, 5.41) is 12.2. The summed E-state index contributed by atoms with van der Waals surface area (Å²) in [6.45, 7) is 5.42. The third-order valence-electron chi connectivity index (χ3n) is 3.40. The van der Waals surface area contributed by atoms with Gasteiger partial charge in [-0.2, -0.15) is 9.57 Å². The highest BCUT2D eigenvalue weighted by atomic mass is 32.2. The van der Waals surface area contributed by atoms with Crippen LogP contribution in [0.2, 0.25) is 0 Å². The van der Waals surface area contributed by atoms with Crippen LogP contribution in [0, 0.1) is 18.3 Å². The molecule has 1 aromatic rings. The zero-order chi connectivity index (χ0) is 15.5. The normalized spacial score (nSPS) is 20.0. The maximum absolute atomic E-state index is 12.7. The molecule has 1 atom stereocenters. The van der Waals surface area contributed by atoms with Crippen LogP contribution in [0.25, 0.3) is 0 Å². The summed E-state index contributed by atoms with van der Waals surface area (Å²) in [5.74, 6) is 0.675. The molecule has 0 aromatic heterocycles. The lowest BCUT2D eigenvalue weighted by Crippen LogP contribution is -2.52. The maximum atomic E-state index is 12.7. The molecule has 6 nitrogen and oxygen atoms in total. The van der Waals surface area contributed by atoms with E-state index < -0.39 is 16.1 Å². The molecule has 1 aliphatic heterocycles. The third-order valence-corrected chi connectivity index (χ3v) is 5.30. The van der Waals surface area contributed by atoms with Gasteiger partial charge in [-0.25, -0.2) is 8.42 Å². The lowest BCUT2D eigenvalue weighted by molar-refractivity contribution is 0.311. The van der Waals surface area contributed by atoms with Crippen LogP contribution < -0.4 is 10.1 Å². The Hall–Kier alpha value is -1.62. The Morgan fingerprint density at radius 1 is 1.52 bits per heavy atom. The van der Waals surface area contributed by atoms with Crippen molar-refractivity contribution >= 4 is 10.0 Å². The SMILES string of the molecule is CCOc1ccc(S(=O)(=O)N2CCNCC2C#N)cc1C. The Kier molecular flexibility index (Phi) is 4.83. The van der Waals surface area contributed by atoms with Crippen molar-refractivity contribution in [3.05, 3.63) is 23.8 Å². The second-order valence-corrected chi connectivity index (χ2v) is 6.72. The van der Waals surface area contributed by atoms with Gasteiger partial charge in [-0.3, -0.25) is 0 Å². The van der Waals surface area contributed by atoms with Gasteiger partial charge in [0, 0.05) is 19.6 Å². The highest BCUT2D eigenvalue weighted by molar-refractivity contribution is 7.89. The first-order valence-electron chi connectivity index (χ1n) is 6.86. The van der Waals surface area contributed by atoms with Crippen molar-refractivity contribution in [1.29, 1.82) is 5.26 Å². The molecule has 7 heteroatoms. The molecule has 0 bridgehead atoms. The standard InChI is InChI=1S/C14H19N3O3S/c1-3-20-14-5-4-13(8-11(14)2)21(18,19)17-7-6-16-10-12(17)9-15/h4-5,8,12,16H,3,6-7,10H2,1-2H3. The summed E-state index contributed by atoms with van der Waals surface area (Å²) in [6.07, 6.45) is 0. The van der Waals surface area contributed by atoms with Crippen molar-refractivity contribution in [1.82, 2.24) is 9.62 Å². The Morgan fingerprint density at radius 3 is 2.90 bits per heavy atom. The first kappa shape index (κ1) is 15.8. The molecule has 1 aliphatic rings. The van der Waals surface area contributed by atoms with Crippen LogP contribution in [0.15, 0.2) is 23.1 Å². The summed E-state index contributed by atoms with van der Waals surface area (Å²) >= 11 is 0. The van der Waals surface area contributed by atoms with Crippen LogP contribution in [-0.2, 0) is 10.0 Å². The van der Waals surface area contributed by atoms with Crippen molar-refractivity contribution in [3.8, 4) is 11.8 Å². The van der Waals surface area contributed by atoms with E-state index in [0.717, 1.165) is 5.56 Å². The predicted octanol–water partition coefficient (Wildman–Crippen LogP) is 0.880. The maximum Gasteiger partial charge on any atom is 0.244 e. The van der Waals surface area contributed by atoms with E-state index in [-0.39, 0.29) is 4.90 Å². The zero-order valence-electron chi connectivity index (χ0n) is 12.2. The van der Waals surface area contributed by atoms with Crippen LogP contribution in [0.4, 0.5) is 0 Å². The molecule has 1 N–H and O–H groups in total. The van der Waals surface area contributed by atoms with Gasteiger partial charge in [0.1, 0.15) is 11.8 Å². The number of hydrogen-bond donors (Lipinski definition) is 1. The van der Waals surface area contributed by atoms with E-state index in [1.54, 1.807) is 12.1 Å². The van der Waals surface area contributed by atoms with E-state index in [0.29, 0.717) is 32.0 Å². The predicted molar refractivity (Wildman–Crippen MR) is 78.5 cm³/mol. The average Bonchev–Trinajstić information content (AvgIpc) is 2.49. The van der Waals surface area contributed by atoms with Gasteiger partial charge in [0.15, 0.2) is 0 Å². The fourth-order valence-electron chi connectivity index (χ4n) is 2.32. The van der Waals surface area contributed by atoms with Gasteiger partial charge in [0.25, 0.3) is 0 Å². The van der Waals surface area contributed by atoms with E-state index in [2.05, 4.69) is 5.32 Å². The molecular weight excluding hydrogens is 290 g/mol. The van der Waals surface area contributed by atoms with E-state index in [9.17, 15) is 8.42 Å². The average molecular weight is 309 g/mol. The van der Waals surface area contributed by atoms with E-state index in [1.165, 1.54) is 10.4 Å². The van der Waals surface area contributed by atoms with Gasteiger partial charge in [-0.05, 0) is 37.6 Å². The molecule has 1 fully saturated rings. The highest BCUT2D eigenvalue weighted by Crippen LogP contribution is 2.25. The number of hydrogen-bond acceptors (Lipinski definition) is 5. The molecule has 0 aliphatic carbocycles. The molecule has 0 radical (unpaired) electrons. The van der Waals surface area contributed by atoms with Crippen LogP contribution >= 0.6 is 0 Å². The van der Waals surface area contributed by atoms with Gasteiger partial charge in [-0.1, -0.05) is 0 Å². The monoisotopic (exact) mass is 309 g/mol. The van der Waals surface area contributed by atoms with Gasteiger partial charge in [0.2, 0.25) is 10.0 Å². The van der Waals surface area contributed by atoms with Crippen molar-refractivity contribution in [2.24, 2.45) is 0 Å². The molecule has 0 amide bonds. The molecular formula is C14H19N3O3S. The molecule has 1 unspecified atom stereocenters. The second kappa shape index (κ2) is 6.43. The van der Waals surface area contributed by atoms with Crippen molar-refractivity contribution in [2.75, 3.05) is 26.2 Å². The molecule has 0 saturated carbocycles. The van der Waals surface area contributed by atoms with Gasteiger partial charge in [-0.15, -0.1) is 0 Å². The van der Waals surface area contributed by atoms with Gasteiger partial charge < -0.3 is 10.1 Å². The molecule has 2 rings (SSSR count). The van der Waals surface area contributed by atoms with Gasteiger partial charge in [0.05, 0.1) is 17.6 Å². The number of ether oxygens (including phenoxy) is 1. The van der Waals surface area contributed by atoms with E-state index in [1.807, 2.05) is 19.9 Å². The summed E-state index contributed by atoms with van der Waals surface area (Å²) < 4.78 is 32.1. The molecule has 0 spiro atoms. The minimum Gasteiger partial charge on any atom is -0.494 e. The van der Waals surface area contributed by atoms with Crippen molar-refractivity contribution < 1.29 is 13.2 Å². The lowest BCUT2D eigenvalue weighted by Gasteiger charge is -2.31. The number of nitriles is 1. The van der Waals surface area contributed by atoms with Crippen molar-refractivity contribution in [3.63, 3.8) is 0 Å². The number of nitrogens with zero attached hydrogens (tertiary/aromatic N) is 2. The Morgan fingerprint density at radius 2 is 2.29 bits per heavy atom. The quantitative estimate of drug-likeness (QED) is 0.893. The Balaban J connectivity index is 2.35. The molecule has 1 saturated heterocycles. The number of benzene rings is 1. The zero-order valence-corrected chi connectivity index (χ0v) is 13.0. The summed E-state index contributed by atoms with van der Waals surface area (Å²) in [7, 11) is -3.66. The third kappa shape index (κ3) is 3.18.